The van der Waals surface area contributed by atoms with E-state index in [4.69, 9.17) is 0 Å². The fraction of sp³-hybridized carbons (Fsp3) is 0.333. The number of benzene rings is 3. The molecule has 1 aliphatic carbocycles. The molecule has 1 amide bonds. The van der Waals surface area contributed by atoms with E-state index in [1.54, 1.807) is 0 Å². The molecule has 1 unspecified atom stereocenters. The molecule has 0 bridgehead atoms. The van der Waals surface area contributed by atoms with Gasteiger partial charge in [0.15, 0.2) is 0 Å². The molecule has 1 N–H and O–H groups in total. The maximum absolute atomic E-state index is 13.3. The smallest absolute Gasteiger partial charge is 0.369 e. The first kappa shape index (κ1) is 28.4. The number of alkyl halides is 3. The Morgan fingerprint density at radius 3 is 2.41 bits per heavy atom. The van der Waals surface area contributed by atoms with Crippen molar-refractivity contribution in [2.24, 2.45) is 0 Å². The lowest BCUT2D eigenvalue weighted by Gasteiger charge is -2.41. The van der Waals surface area contributed by atoms with Gasteiger partial charge in [0.25, 0.3) is 5.91 Å². The molecule has 8 heteroatoms. The highest BCUT2D eigenvalue weighted by atomic mass is 19.4. The van der Waals surface area contributed by atoms with Crippen molar-refractivity contribution in [1.82, 2.24) is 4.90 Å². The van der Waals surface area contributed by atoms with Crippen molar-refractivity contribution in [1.29, 1.82) is 5.26 Å². The van der Waals surface area contributed by atoms with Crippen LogP contribution in [0.4, 0.5) is 24.5 Å². The fourth-order valence-electron chi connectivity index (χ4n) is 5.74. The lowest BCUT2D eigenvalue weighted by molar-refractivity contribution is -0.137. The molecule has 1 fully saturated rings. The summed E-state index contributed by atoms with van der Waals surface area (Å²) in [4.78, 5) is 18.0. The maximum Gasteiger partial charge on any atom is 0.416 e. The number of nitriles is 1. The van der Waals surface area contributed by atoms with Crippen LogP contribution in [0.15, 0.2) is 78.4 Å². The van der Waals surface area contributed by atoms with Crippen molar-refractivity contribution in [3.05, 3.63) is 101 Å². The van der Waals surface area contributed by atoms with Crippen molar-refractivity contribution < 1.29 is 18.0 Å². The van der Waals surface area contributed by atoms with E-state index >= 15 is 0 Å². The van der Waals surface area contributed by atoms with Gasteiger partial charge in [0, 0.05) is 49.2 Å². The minimum Gasteiger partial charge on any atom is -0.369 e. The molecule has 0 aromatic heterocycles. The Morgan fingerprint density at radius 1 is 1.00 bits per heavy atom. The third-order valence-electron chi connectivity index (χ3n) is 8.00. The summed E-state index contributed by atoms with van der Waals surface area (Å²) in [5, 5.41) is 12.2. The Kier molecular flexibility index (Phi) is 8.46. The van der Waals surface area contributed by atoms with Gasteiger partial charge in [-0.05, 0) is 97.8 Å². The molecule has 41 heavy (non-hydrogen) atoms. The first-order chi connectivity index (χ1) is 19.7. The SMILES string of the molecule is CC1CN(c2ccc(NC(=O)C3=C(c4ccc(C(F)(F)F)cc4)CCCC3)cc2)CCN1Cc1cccc(C#N)c1. The largest absolute Gasteiger partial charge is 0.416 e. The molecule has 1 heterocycles. The molecule has 3 aromatic carbocycles. The Morgan fingerprint density at radius 2 is 1.73 bits per heavy atom. The number of nitrogens with zero attached hydrogens (tertiary/aromatic N) is 3. The van der Waals surface area contributed by atoms with Gasteiger partial charge in [-0.25, -0.2) is 0 Å². The van der Waals surface area contributed by atoms with Crippen molar-refractivity contribution in [2.45, 2.75) is 51.4 Å². The number of nitrogens with one attached hydrogen (secondary N) is 1. The highest BCUT2D eigenvalue weighted by Gasteiger charge is 2.30. The maximum atomic E-state index is 13.3. The van der Waals surface area contributed by atoms with E-state index < -0.39 is 11.7 Å². The zero-order valence-corrected chi connectivity index (χ0v) is 23.0. The zero-order chi connectivity index (χ0) is 29.0. The van der Waals surface area contributed by atoms with Gasteiger partial charge in [-0.15, -0.1) is 0 Å². The number of piperazine rings is 1. The highest BCUT2D eigenvalue weighted by Crippen LogP contribution is 2.35. The zero-order valence-electron chi connectivity index (χ0n) is 23.0. The highest BCUT2D eigenvalue weighted by molar-refractivity contribution is 6.09. The van der Waals surface area contributed by atoms with Crippen LogP contribution in [0, 0.1) is 11.3 Å². The van der Waals surface area contributed by atoms with Gasteiger partial charge in [-0.2, -0.15) is 18.4 Å². The number of anilines is 2. The van der Waals surface area contributed by atoms with Gasteiger partial charge < -0.3 is 10.2 Å². The van der Waals surface area contributed by atoms with Crippen LogP contribution in [0.2, 0.25) is 0 Å². The Labute approximate surface area is 238 Å². The Bertz CT molecular complexity index is 1460. The number of rotatable bonds is 6. The minimum atomic E-state index is -4.39. The molecule has 0 saturated carbocycles. The minimum absolute atomic E-state index is 0.199. The van der Waals surface area contributed by atoms with E-state index in [2.05, 4.69) is 34.2 Å². The molecule has 2 aliphatic rings. The normalized spacial score (nSPS) is 18.2. The predicted molar refractivity (Wildman–Crippen MR) is 155 cm³/mol. The van der Waals surface area contributed by atoms with E-state index in [0.717, 1.165) is 68.0 Å². The summed E-state index contributed by atoms with van der Waals surface area (Å²) in [5.41, 5.74) is 5.04. The number of hydrogen-bond donors (Lipinski definition) is 1. The summed E-state index contributed by atoms with van der Waals surface area (Å²) < 4.78 is 39.0. The van der Waals surface area contributed by atoms with Gasteiger partial charge in [-0.3, -0.25) is 9.69 Å². The van der Waals surface area contributed by atoms with E-state index in [-0.39, 0.29) is 5.91 Å². The second-order valence-electron chi connectivity index (χ2n) is 10.8. The van der Waals surface area contributed by atoms with Gasteiger partial charge in [0.05, 0.1) is 17.2 Å². The average molecular weight is 559 g/mol. The van der Waals surface area contributed by atoms with Crippen LogP contribution in [0.3, 0.4) is 0 Å². The summed E-state index contributed by atoms with van der Waals surface area (Å²) in [6.07, 6.45) is -1.34. The monoisotopic (exact) mass is 558 g/mol. The van der Waals surface area contributed by atoms with Gasteiger partial charge in [-0.1, -0.05) is 24.3 Å². The molecule has 0 radical (unpaired) electrons. The number of halogens is 3. The second-order valence-corrected chi connectivity index (χ2v) is 10.8. The third kappa shape index (κ3) is 6.80. The first-order valence-corrected chi connectivity index (χ1v) is 14.0. The molecular weight excluding hydrogens is 525 g/mol. The van der Waals surface area contributed by atoms with E-state index in [9.17, 15) is 23.2 Å². The Balaban J connectivity index is 1.22. The molecule has 5 rings (SSSR count). The van der Waals surface area contributed by atoms with Crippen LogP contribution in [-0.2, 0) is 17.5 Å². The van der Waals surface area contributed by atoms with Crippen molar-refractivity contribution in [2.75, 3.05) is 29.9 Å². The molecule has 0 spiro atoms. The molecule has 1 aliphatic heterocycles. The number of carbonyl (C=O) groups is 1. The van der Waals surface area contributed by atoms with Crippen LogP contribution >= 0.6 is 0 Å². The van der Waals surface area contributed by atoms with Gasteiger partial charge >= 0.3 is 6.18 Å². The van der Waals surface area contributed by atoms with Crippen molar-refractivity contribution in [3.8, 4) is 6.07 Å². The average Bonchev–Trinajstić information content (AvgIpc) is 2.98. The number of allylic oxidation sites excluding steroid dienone is 1. The molecule has 1 saturated heterocycles. The van der Waals surface area contributed by atoms with Gasteiger partial charge in [0.2, 0.25) is 0 Å². The van der Waals surface area contributed by atoms with E-state index in [1.165, 1.54) is 12.1 Å². The number of amides is 1. The predicted octanol–water partition coefficient (Wildman–Crippen LogP) is 7.25. The number of hydrogen-bond acceptors (Lipinski definition) is 4. The van der Waals surface area contributed by atoms with Gasteiger partial charge in [0.1, 0.15) is 0 Å². The van der Waals surface area contributed by atoms with Crippen LogP contribution in [0.1, 0.15) is 54.9 Å². The Hall–Kier alpha value is -4.09. The molecule has 1 atom stereocenters. The summed E-state index contributed by atoms with van der Waals surface area (Å²) >= 11 is 0. The lowest BCUT2D eigenvalue weighted by Crippen LogP contribution is -2.51. The summed E-state index contributed by atoms with van der Waals surface area (Å²) in [7, 11) is 0. The third-order valence-corrected chi connectivity index (χ3v) is 8.00. The van der Waals surface area contributed by atoms with E-state index in [1.807, 2.05) is 42.5 Å². The standard InChI is InChI=1S/C33H33F3N4O/c1-23-21-40(18-17-39(23)22-25-6-4-5-24(19-25)20-37)29-15-13-28(14-16-29)38-32(41)31-8-3-2-7-30(31)26-9-11-27(12-10-26)33(34,35)36/h4-6,9-16,19,23H,2-3,7-8,17-18,21-22H2,1H3,(H,38,41). The summed E-state index contributed by atoms with van der Waals surface area (Å²) in [6.45, 7) is 5.66. The summed E-state index contributed by atoms with van der Waals surface area (Å²) in [6, 6.07) is 23.2. The quantitative estimate of drug-likeness (QED) is 0.346. The second kappa shape index (κ2) is 12.2. The van der Waals surface area contributed by atoms with Crippen molar-refractivity contribution >= 4 is 22.9 Å². The molecule has 3 aromatic rings. The van der Waals surface area contributed by atoms with Crippen LogP contribution in [0.25, 0.3) is 5.57 Å². The lowest BCUT2D eigenvalue weighted by atomic mass is 9.86. The molecule has 212 valence electrons. The first-order valence-electron chi connectivity index (χ1n) is 14.0. The topological polar surface area (TPSA) is 59.4 Å². The van der Waals surface area contributed by atoms with Crippen LogP contribution < -0.4 is 10.2 Å². The van der Waals surface area contributed by atoms with Crippen LogP contribution in [-0.4, -0.2) is 36.5 Å². The fourth-order valence-corrected chi connectivity index (χ4v) is 5.74. The number of carbonyl (C=O) groups excluding carboxylic acids is 1. The van der Waals surface area contributed by atoms with E-state index in [0.29, 0.717) is 41.3 Å². The molecular formula is C33H33F3N4O. The van der Waals surface area contributed by atoms with Crippen LogP contribution in [0.5, 0.6) is 0 Å². The van der Waals surface area contributed by atoms with Crippen molar-refractivity contribution in [3.63, 3.8) is 0 Å². The molecule has 5 nitrogen and oxygen atoms in total. The summed E-state index contributed by atoms with van der Waals surface area (Å²) in [5.74, 6) is -0.199.